The van der Waals surface area contributed by atoms with Gasteiger partial charge in [-0.15, -0.1) is 0 Å². The van der Waals surface area contributed by atoms with Crippen molar-refractivity contribution in [1.29, 1.82) is 0 Å². The number of carbonyl (C=O) groups is 1. The van der Waals surface area contributed by atoms with Crippen molar-refractivity contribution >= 4 is 5.91 Å². The standard InChI is InChI=1S/C22H35N3O/c1-17(2)7-12-25-13-8-18(9-14-25)16-24-22(26)21-4-3-19-5-10-23-11-6-20(19)15-21/h3-4,15,17-18,23H,5-14,16H2,1-2H3,(H,24,26). The van der Waals surface area contributed by atoms with Crippen molar-refractivity contribution in [2.45, 2.75) is 46.0 Å². The molecular weight excluding hydrogens is 322 g/mol. The predicted molar refractivity (Wildman–Crippen MR) is 108 cm³/mol. The van der Waals surface area contributed by atoms with Crippen LogP contribution in [0.2, 0.25) is 0 Å². The predicted octanol–water partition coefficient (Wildman–Crippen LogP) is 2.86. The van der Waals surface area contributed by atoms with E-state index < -0.39 is 0 Å². The first kappa shape index (κ1) is 19.4. The molecule has 2 N–H and O–H groups in total. The fraction of sp³-hybridized carbons (Fsp3) is 0.682. The Hall–Kier alpha value is -1.39. The summed E-state index contributed by atoms with van der Waals surface area (Å²) in [7, 11) is 0. The lowest BCUT2D eigenvalue weighted by Gasteiger charge is -2.32. The Kier molecular flexibility index (Phi) is 7.09. The van der Waals surface area contributed by atoms with Crippen LogP contribution in [0.15, 0.2) is 18.2 Å². The van der Waals surface area contributed by atoms with E-state index in [0.29, 0.717) is 5.92 Å². The Labute approximate surface area is 158 Å². The molecule has 3 rings (SSSR count). The van der Waals surface area contributed by atoms with Gasteiger partial charge in [-0.3, -0.25) is 4.79 Å². The molecule has 0 atom stereocenters. The number of hydrogen-bond acceptors (Lipinski definition) is 3. The molecule has 1 amide bonds. The quantitative estimate of drug-likeness (QED) is 0.823. The molecule has 0 bridgehead atoms. The van der Waals surface area contributed by atoms with Crippen molar-refractivity contribution in [3.05, 3.63) is 34.9 Å². The van der Waals surface area contributed by atoms with Gasteiger partial charge in [0.2, 0.25) is 0 Å². The Morgan fingerprint density at radius 1 is 1.19 bits per heavy atom. The van der Waals surface area contributed by atoms with Crippen molar-refractivity contribution in [3.8, 4) is 0 Å². The minimum atomic E-state index is 0.0900. The lowest BCUT2D eigenvalue weighted by Crippen LogP contribution is -2.39. The molecule has 1 saturated heterocycles. The summed E-state index contributed by atoms with van der Waals surface area (Å²) in [4.78, 5) is 15.1. The highest BCUT2D eigenvalue weighted by Crippen LogP contribution is 2.18. The van der Waals surface area contributed by atoms with Gasteiger partial charge >= 0.3 is 0 Å². The van der Waals surface area contributed by atoms with Gasteiger partial charge in [0.05, 0.1) is 0 Å². The molecule has 4 heteroatoms. The molecule has 0 spiro atoms. The van der Waals surface area contributed by atoms with E-state index in [9.17, 15) is 4.79 Å². The molecule has 0 aliphatic carbocycles. The summed E-state index contributed by atoms with van der Waals surface area (Å²) < 4.78 is 0. The number of benzene rings is 1. The maximum absolute atomic E-state index is 12.6. The highest BCUT2D eigenvalue weighted by molar-refractivity contribution is 5.94. The molecule has 2 aliphatic heterocycles. The third-order valence-corrected chi connectivity index (χ3v) is 5.89. The molecule has 4 nitrogen and oxygen atoms in total. The zero-order valence-corrected chi connectivity index (χ0v) is 16.5. The molecular formula is C22H35N3O. The molecule has 1 aromatic carbocycles. The van der Waals surface area contributed by atoms with Crippen LogP contribution in [0.4, 0.5) is 0 Å². The van der Waals surface area contributed by atoms with E-state index >= 15 is 0 Å². The van der Waals surface area contributed by atoms with Gasteiger partial charge in [0.1, 0.15) is 0 Å². The van der Waals surface area contributed by atoms with E-state index in [1.54, 1.807) is 0 Å². The molecule has 26 heavy (non-hydrogen) atoms. The van der Waals surface area contributed by atoms with E-state index in [1.165, 1.54) is 50.0 Å². The Morgan fingerprint density at radius 2 is 1.92 bits per heavy atom. The fourth-order valence-electron chi connectivity index (χ4n) is 4.01. The number of likely N-dealkylation sites (tertiary alicyclic amines) is 1. The summed E-state index contributed by atoms with van der Waals surface area (Å²) in [5, 5.41) is 6.61. The SMILES string of the molecule is CC(C)CCN1CCC(CNC(=O)c2ccc3c(c2)CCNCC3)CC1. The molecule has 0 radical (unpaired) electrons. The van der Waals surface area contributed by atoms with Crippen LogP contribution < -0.4 is 10.6 Å². The van der Waals surface area contributed by atoms with Crippen LogP contribution in [0.25, 0.3) is 0 Å². The first-order valence-corrected chi connectivity index (χ1v) is 10.4. The smallest absolute Gasteiger partial charge is 0.251 e. The molecule has 1 aromatic rings. The summed E-state index contributed by atoms with van der Waals surface area (Å²) in [5.74, 6) is 1.50. The van der Waals surface area contributed by atoms with Gasteiger partial charge in [-0.25, -0.2) is 0 Å². The number of piperidine rings is 1. The number of fused-ring (bicyclic) bond motifs is 1. The molecule has 2 heterocycles. The second-order valence-corrected chi connectivity index (χ2v) is 8.41. The third kappa shape index (κ3) is 5.55. The number of rotatable bonds is 6. The van der Waals surface area contributed by atoms with Gasteiger partial charge in [-0.2, -0.15) is 0 Å². The topological polar surface area (TPSA) is 44.4 Å². The summed E-state index contributed by atoms with van der Waals surface area (Å²) >= 11 is 0. The fourth-order valence-corrected chi connectivity index (χ4v) is 4.01. The first-order valence-electron chi connectivity index (χ1n) is 10.4. The first-order chi connectivity index (χ1) is 12.6. The summed E-state index contributed by atoms with van der Waals surface area (Å²) in [6, 6.07) is 6.24. The van der Waals surface area contributed by atoms with Gasteiger partial charge < -0.3 is 15.5 Å². The van der Waals surface area contributed by atoms with Crippen molar-refractivity contribution in [1.82, 2.24) is 15.5 Å². The molecule has 144 valence electrons. The summed E-state index contributed by atoms with van der Waals surface area (Å²) in [6.45, 7) is 11.0. The van der Waals surface area contributed by atoms with Gasteiger partial charge in [-0.1, -0.05) is 19.9 Å². The normalized spacial score (nSPS) is 19.2. The van der Waals surface area contributed by atoms with E-state index in [0.717, 1.165) is 44.0 Å². The third-order valence-electron chi connectivity index (χ3n) is 5.89. The second kappa shape index (κ2) is 9.52. The van der Waals surface area contributed by atoms with Crippen LogP contribution in [-0.4, -0.2) is 50.1 Å². The number of hydrogen-bond donors (Lipinski definition) is 2. The minimum absolute atomic E-state index is 0.0900. The van der Waals surface area contributed by atoms with Gasteiger partial charge in [0.15, 0.2) is 0 Å². The van der Waals surface area contributed by atoms with Crippen molar-refractivity contribution < 1.29 is 4.79 Å². The van der Waals surface area contributed by atoms with Crippen LogP contribution in [-0.2, 0) is 12.8 Å². The Morgan fingerprint density at radius 3 is 2.65 bits per heavy atom. The average molecular weight is 358 g/mol. The summed E-state index contributed by atoms with van der Waals surface area (Å²) in [5.41, 5.74) is 3.54. The maximum Gasteiger partial charge on any atom is 0.251 e. The maximum atomic E-state index is 12.6. The zero-order chi connectivity index (χ0) is 18.4. The molecule has 0 saturated carbocycles. The molecule has 0 unspecified atom stereocenters. The number of carbonyl (C=O) groups excluding carboxylic acids is 1. The second-order valence-electron chi connectivity index (χ2n) is 8.41. The Balaban J connectivity index is 1.44. The van der Waals surface area contributed by atoms with Gasteiger partial charge in [-0.05, 0) is 99.9 Å². The van der Waals surface area contributed by atoms with Crippen LogP contribution in [0.3, 0.4) is 0 Å². The highest BCUT2D eigenvalue weighted by Gasteiger charge is 2.20. The number of amides is 1. The van der Waals surface area contributed by atoms with Crippen LogP contribution >= 0.6 is 0 Å². The lowest BCUT2D eigenvalue weighted by atomic mass is 9.96. The Bertz CT molecular complexity index is 591. The lowest BCUT2D eigenvalue weighted by molar-refractivity contribution is 0.0935. The van der Waals surface area contributed by atoms with Crippen molar-refractivity contribution in [3.63, 3.8) is 0 Å². The van der Waals surface area contributed by atoms with E-state index in [1.807, 2.05) is 6.07 Å². The molecule has 0 aromatic heterocycles. The average Bonchev–Trinajstić information content (AvgIpc) is 2.90. The number of nitrogens with one attached hydrogen (secondary N) is 2. The summed E-state index contributed by atoms with van der Waals surface area (Å²) in [6.07, 6.45) is 5.77. The molecule has 1 fully saturated rings. The van der Waals surface area contributed by atoms with E-state index in [-0.39, 0.29) is 5.91 Å². The minimum Gasteiger partial charge on any atom is -0.352 e. The van der Waals surface area contributed by atoms with Crippen LogP contribution in [0, 0.1) is 11.8 Å². The van der Waals surface area contributed by atoms with E-state index in [4.69, 9.17) is 0 Å². The largest absolute Gasteiger partial charge is 0.352 e. The zero-order valence-electron chi connectivity index (χ0n) is 16.5. The van der Waals surface area contributed by atoms with E-state index in [2.05, 4.69) is 41.5 Å². The van der Waals surface area contributed by atoms with Gasteiger partial charge in [0.25, 0.3) is 5.91 Å². The van der Waals surface area contributed by atoms with Crippen LogP contribution in [0.5, 0.6) is 0 Å². The van der Waals surface area contributed by atoms with Crippen molar-refractivity contribution in [2.75, 3.05) is 39.3 Å². The van der Waals surface area contributed by atoms with Crippen molar-refractivity contribution in [2.24, 2.45) is 11.8 Å². The van der Waals surface area contributed by atoms with Gasteiger partial charge in [0, 0.05) is 12.1 Å². The monoisotopic (exact) mass is 357 g/mol. The number of nitrogens with zero attached hydrogens (tertiary/aromatic N) is 1. The molecule has 2 aliphatic rings. The van der Waals surface area contributed by atoms with Crippen LogP contribution in [0.1, 0.15) is 54.6 Å². The highest BCUT2D eigenvalue weighted by atomic mass is 16.1.